The molecule has 1 aliphatic heterocycles. The van der Waals surface area contributed by atoms with Crippen LogP contribution in [0.2, 0.25) is 5.15 Å². The maximum Gasteiger partial charge on any atom is 0.339 e. The summed E-state index contributed by atoms with van der Waals surface area (Å²) in [6.07, 6.45) is 1.58. The highest BCUT2D eigenvalue weighted by Crippen LogP contribution is 2.26. The van der Waals surface area contributed by atoms with Crippen LogP contribution in [-0.4, -0.2) is 45.0 Å². The summed E-state index contributed by atoms with van der Waals surface area (Å²) in [6.45, 7) is 2.96. The lowest BCUT2D eigenvalue weighted by molar-refractivity contribution is -0.0113. The van der Waals surface area contributed by atoms with Crippen LogP contribution in [0, 0.1) is 0 Å². The third-order valence-electron chi connectivity index (χ3n) is 3.39. The third-order valence-corrected chi connectivity index (χ3v) is 3.58. The van der Waals surface area contributed by atoms with Crippen LogP contribution >= 0.6 is 11.6 Å². The Morgan fingerprint density at radius 1 is 1.67 bits per heavy atom. The quantitative estimate of drug-likeness (QED) is 0.928. The molecule has 21 heavy (non-hydrogen) atoms. The van der Waals surface area contributed by atoms with Gasteiger partial charge in [-0.3, -0.25) is 0 Å². The average Bonchev–Trinajstić information content (AvgIpc) is 3.04. The molecule has 0 saturated carbocycles. The SMILES string of the molecule is C[C@H](O[C@@H]1CCOC1)c1c(C(=O)O)cnc2cc(Cl)nn12. The molecule has 2 aromatic heterocycles. The van der Waals surface area contributed by atoms with Crippen molar-refractivity contribution in [3.63, 3.8) is 0 Å². The van der Waals surface area contributed by atoms with E-state index in [1.807, 2.05) is 0 Å². The Bertz CT molecular complexity index is 681. The second-order valence-electron chi connectivity index (χ2n) is 4.86. The molecule has 2 atom stereocenters. The van der Waals surface area contributed by atoms with Gasteiger partial charge in [0.25, 0.3) is 0 Å². The number of hydrogen-bond donors (Lipinski definition) is 1. The molecule has 1 fully saturated rings. The minimum atomic E-state index is -1.08. The van der Waals surface area contributed by atoms with Gasteiger partial charge in [-0.1, -0.05) is 11.6 Å². The van der Waals surface area contributed by atoms with E-state index in [0.29, 0.717) is 24.6 Å². The zero-order valence-electron chi connectivity index (χ0n) is 11.3. The summed E-state index contributed by atoms with van der Waals surface area (Å²) >= 11 is 5.88. The summed E-state index contributed by atoms with van der Waals surface area (Å²) in [6, 6.07) is 1.57. The van der Waals surface area contributed by atoms with Crippen molar-refractivity contribution < 1.29 is 19.4 Å². The monoisotopic (exact) mass is 311 g/mol. The van der Waals surface area contributed by atoms with Crippen LogP contribution in [0.25, 0.3) is 5.65 Å². The van der Waals surface area contributed by atoms with E-state index in [1.54, 1.807) is 13.0 Å². The maximum atomic E-state index is 11.4. The lowest BCUT2D eigenvalue weighted by atomic mass is 10.1. The Morgan fingerprint density at radius 3 is 3.14 bits per heavy atom. The molecule has 2 aromatic rings. The molecule has 0 unspecified atom stereocenters. The number of fused-ring (bicyclic) bond motifs is 1. The van der Waals surface area contributed by atoms with Gasteiger partial charge in [0.05, 0.1) is 24.5 Å². The first-order chi connectivity index (χ1) is 10.1. The molecule has 0 aliphatic carbocycles. The van der Waals surface area contributed by atoms with Crippen LogP contribution in [0.4, 0.5) is 0 Å². The predicted molar refractivity (Wildman–Crippen MR) is 73.7 cm³/mol. The molecular formula is C13H14ClN3O4. The van der Waals surface area contributed by atoms with Crippen molar-refractivity contribution in [3.8, 4) is 0 Å². The molecule has 1 N–H and O–H groups in total. The first-order valence-corrected chi connectivity index (χ1v) is 6.94. The number of aromatic nitrogens is 3. The van der Waals surface area contributed by atoms with E-state index in [-0.39, 0.29) is 16.8 Å². The fraction of sp³-hybridized carbons (Fsp3) is 0.462. The molecule has 0 spiro atoms. The number of carboxylic acid groups (broad SMARTS) is 1. The minimum Gasteiger partial charge on any atom is -0.478 e. The fourth-order valence-corrected chi connectivity index (χ4v) is 2.63. The Labute approximate surface area is 125 Å². The van der Waals surface area contributed by atoms with Gasteiger partial charge in [-0.05, 0) is 13.3 Å². The molecule has 8 heteroatoms. The second kappa shape index (κ2) is 5.59. The number of halogens is 1. The summed E-state index contributed by atoms with van der Waals surface area (Å²) in [5.41, 5.74) is 0.957. The summed E-state index contributed by atoms with van der Waals surface area (Å²) in [7, 11) is 0. The molecular weight excluding hydrogens is 298 g/mol. The first kappa shape index (κ1) is 14.2. The lowest BCUT2D eigenvalue weighted by Crippen LogP contribution is -2.20. The molecule has 0 radical (unpaired) electrons. The number of carbonyl (C=O) groups is 1. The largest absolute Gasteiger partial charge is 0.478 e. The van der Waals surface area contributed by atoms with Crippen molar-refractivity contribution in [2.45, 2.75) is 25.6 Å². The molecule has 1 aliphatic rings. The molecule has 112 valence electrons. The highest BCUT2D eigenvalue weighted by molar-refractivity contribution is 6.29. The second-order valence-corrected chi connectivity index (χ2v) is 5.25. The van der Waals surface area contributed by atoms with Gasteiger partial charge in [-0.2, -0.15) is 5.10 Å². The van der Waals surface area contributed by atoms with Crippen LogP contribution in [0.15, 0.2) is 12.3 Å². The van der Waals surface area contributed by atoms with Gasteiger partial charge < -0.3 is 14.6 Å². The van der Waals surface area contributed by atoms with Gasteiger partial charge in [0.15, 0.2) is 10.8 Å². The van der Waals surface area contributed by atoms with Crippen molar-refractivity contribution in [2.75, 3.05) is 13.2 Å². The number of nitrogens with zero attached hydrogens (tertiary/aromatic N) is 3. The third kappa shape index (κ3) is 2.72. The number of rotatable bonds is 4. The molecule has 0 bridgehead atoms. The number of ether oxygens (including phenoxy) is 2. The van der Waals surface area contributed by atoms with Crippen molar-refractivity contribution in [1.29, 1.82) is 0 Å². The van der Waals surface area contributed by atoms with E-state index in [9.17, 15) is 9.90 Å². The standard InChI is InChI=1S/C13H14ClN3O4/c1-7(21-8-2-3-20-6-8)12-9(13(18)19)5-15-11-4-10(14)16-17(11)12/h4-5,7-8H,2-3,6H2,1H3,(H,18,19)/t7-,8+/m0/s1. The van der Waals surface area contributed by atoms with Crippen LogP contribution in [-0.2, 0) is 9.47 Å². The average molecular weight is 312 g/mol. The van der Waals surface area contributed by atoms with Crippen LogP contribution in [0.5, 0.6) is 0 Å². The van der Waals surface area contributed by atoms with Crippen LogP contribution in [0.3, 0.4) is 0 Å². The van der Waals surface area contributed by atoms with Gasteiger partial charge in [0, 0.05) is 18.9 Å². The molecule has 1 saturated heterocycles. The van der Waals surface area contributed by atoms with Gasteiger partial charge in [0.2, 0.25) is 0 Å². The summed E-state index contributed by atoms with van der Waals surface area (Å²) in [5, 5.41) is 13.7. The van der Waals surface area contributed by atoms with E-state index in [2.05, 4.69) is 10.1 Å². The Hall–Kier alpha value is -1.70. The zero-order chi connectivity index (χ0) is 15.0. The van der Waals surface area contributed by atoms with E-state index in [1.165, 1.54) is 10.7 Å². The Kier molecular flexibility index (Phi) is 3.79. The van der Waals surface area contributed by atoms with Gasteiger partial charge in [-0.25, -0.2) is 14.3 Å². The topological polar surface area (TPSA) is 86.0 Å². The van der Waals surface area contributed by atoms with Crippen molar-refractivity contribution in [1.82, 2.24) is 14.6 Å². The molecule has 3 heterocycles. The van der Waals surface area contributed by atoms with E-state index in [0.717, 1.165) is 6.42 Å². The summed E-state index contributed by atoms with van der Waals surface area (Å²) < 4.78 is 12.6. The van der Waals surface area contributed by atoms with Gasteiger partial charge in [-0.15, -0.1) is 0 Å². The lowest BCUT2D eigenvalue weighted by Gasteiger charge is -2.19. The van der Waals surface area contributed by atoms with E-state index < -0.39 is 12.1 Å². The number of hydrogen-bond acceptors (Lipinski definition) is 5. The molecule has 3 rings (SSSR count). The zero-order valence-corrected chi connectivity index (χ0v) is 12.1. The minimum absolute atomic E-state index is 0.0455. The van der Waals surface area contributed by atoms with Gasteiger partial charge >= 0.3 is 5.97 Å². The summed E-state index contributed by atoms with van der Waals surface area (Å²) in [5.74, 6) is -1.08. The van der Waals surface area contributed by atoms with Crippen molar-refractivity contribution >= 4 is 23.2 Å². The number of aromatic carboxylic acids is 1. The predicted octanol–water partition coefficient (Wildman–Crippen LogP) is 1.95. The van der Waals surface area contributed by atoms with Crippen LogP contribution < -0.4 is 0 Å². The first-order valence-electron chi connectivity index (χ1n) is 6.57. The number of carboxylic acids is 1. The highest BCUT2D eigenvalue weighted by Gasteiger charge is 2.26. The molecule has 0 aromatic carbocycles. The van der Waals surface area contributed by atoms with Gasteiger partial charge in [0.1, 0.15) is 5.56 Å². The summed E-state index contributed by atoms with van der Waals surface area (Å²) in [4.78, 5) is 15.5. The van der Waals surface area contributed by atoms with E-state index >= 15 is 0 Å². The fourth-order valence-electron chi connectivity index (χ4n) is 2.45. The Balaban J connectivity index is 2.04. The van der Waals surface area contributed by atoms with Crippen molar-refractivity contribution in [2.24, 2.45) is 0 Å². The Morgan fingerprint density at radius 2 is 2.48 bits per heavy atom. The highest BCUT2D eigenvalue weighted by atomic mass is 35.5. The molecule has 0 amide bonds. The van der Waals surface area contributed by atoms with Crippen LogP contribution in [0.1, 0.15) is 35.5 Å². The van der Waals surface area contributed by atoms with E-state index in [4.69, 9.17) is 21.1 Å². The molecule has 7 nitrogen and oxygen atoms in total. The van der Waals surface area contributed by atoms with Crippen molar-refractivity contribution in [3.05, 3.63) is 28.7 Å². The smallest absolute Gasteiger partial charge is 0.339 e. The normalized spacial score (nSPS) is 20.0. The maximum absolute atomic E-state index is 11.4.